The Morgan fingerprint density at radius 3 is 2.75 bits per heavy atom. The van der Waals surface area contributed by atoms with E-state index in [1.165, 1.54) is 0 Å². The van der Waals surface area contributed by atoms with E-state index in [-0.39, 0.29) is 5.91 Å². The third-order valence-corrected chi connectivity index (χ3v) is 3.29. The lowest BCUT2D eigenvalue weighted by molar-refractivity contribution is -0.135. The number of ether oxygens (including phenoxy) is 1. The number of nitrogens with zero attached hydrogens (tertiary/aromatic N) is 1. The van der Waals surface area contributed by atoms with Crippen LogP contribution in [0.5, 0.6) is 5.75 Å². The molecule has 0 radical (unpaired) electrons. The summed E-state index contributed by atoms with van der Waals surface area (Å²) in [6, 6.07) is 7.87. The van der Waals surface area contributed by atoms with Crippen LogP contribution in [0.15, 0.2) is 24.3 Å². The van der Waals surface area contributed by atoms with Crippen LogP contribution in [0.25, 0.3) is 0 Å². The highest BCUT2D eigenvalue weighted by Gasteiger charge is 2.29. The second kappa shape index (κ2) is 7.29. The maximum absolute atomic E-state index is 12.2. The molecule has 0 aliphatic heterocycles. The molecule has 0 aliphatic carbocycles. The minimum absolute atomic E-state index is 0.0350. The van der Waals surface area contributed by atoms with Crippen molar-refractivity contribution in [1.29, 1.82) is 0 Å². The zero-order valence-corrected chi connectivity index (χ0v) is 13.0. The Bertz CT molecular complexity index is 444. The molecule has 0 spiro atoms. The average molecular weight is 278 g/mol. The van der Waals surface area contributed by atoms with E-state index in [2.05, 4.69) is 0 Å². The molecule has 1 amide bonds. The molecule has 0 bridgehead atoms. The minimum Gasteiger partial charge on any atom is -0.492 e. The van der Waals surface area contributed by atoms with Gasteiger partial charge in [0.2, 0.25) is 5.91 Å². The Morgan fingerprint density at radius 2 is 2.15 bits per heavy atom. The average Bonchev–Trinajstić information content (AvgIpc) is 2.37. The van der Waals surface area contributed by atoms with Crippen molar-refractivity contribution in [2.75, 3.05) is 20.2 Å². The lowest BCUT2D eigenvalue weighted by atomic mass is 9.96. The van der Waals surface area contributed by atoms with Crippen LogP contribution in [0.4, 0.5) is 0 Å². The summed E-state index contributed by atoms with van der Waals surface area (Å²) < 4.78 is 5.65. The highest BCUT2D eigenvalue weighted by molar-refractivity contribution is 5.85. The second-order valence-corrected chi connectivity index (χ2v) is 5.56. The number of benzene rings is 1. The number of carbonyl (C=O) groups excluding carboxylic acids is 1. The molecule has 4 nitrogen and oxygen atoms in total. The molecule has 2 N–H and O–H groups in total. The monoisotopic (exact) mass is 278 g/mol. The largest absolute Gasteiger partial charge is 0.492 e. The molecule has 0 saturated heterocycles. The van der Waals surface area contributed by atoms with Crippen LogP contribution in [0, 0.1) is 6.92 Å². The van der Waals surface area contributed by atoms with Crippen molar-refractivity contribution >= 4 is 5.91 Å². The first kappa shape index (κ1) is 16.5. The number of carbonyl (C=O) groups is 1. The lowest BCUT2D eigenvalue weighted by Gasteiger charge is -2.28. The van der Waals surface area contributed by atoms with Crippen LogP contribution >= 0.6 is 0 Å². The zero-order valence-electron chi connectivity index (χ0n) is 13.0. The van der Waals surface area contributed by atoms with Gasteiger partial charge in [-0.2, -0.15) is 0 Å². The van der Waals surface area contributed by atoms with Crippen LogP contribution in [0.2, 0.25) is 0 Å². The van der Waals surface area contributed by atoms with E-state index in [0.717, 1.165) is 17.7 Å². The number of hydrogen-bond acceptors (Lipinski definition) is 3. The number of rotatable bonds is 7. The topological polar surface area (TPSA) is 55.6 Å². The van der Waals surface area contributed by atoms with Gasteiger partial charge < -0.3 is 15.4 Å². The van der Waals surface area contributed by atoms with Crippen molar-refractivity contribution in [2.45, 2.75) is 39.2 Å². The minimum atomic E-state index is -0.785. The summed E-state index contributed by atoms with van der Waals surface area (Å²) in [4.78, 5) is 13.8. The maximum atomic E-state index is 12.2. The fourth-order valence-corrected chi connectivity index (χ4v) is 2.17. The van der Waals surface area contributed by atoms with Gasteiger partial charge in [0.05, 0.1) is 12.1 Å². The van der Waals surface area contributed by atoms with Crippen molar-refractivity contribution < 1.29 is 9.53 Å². The number of nitrogens with two attached hydrogens (primary N) is 1. The van der Waals surface area contributed by atoms with Gasteiger partial charge in [0.15, 0.2) is 0 Å². The molecule has 1 aromatic carbocycles. The van der Waals surface area contributed by atoms with Gasteiger partial charge in [-0.15, -0.1) is 0 Å². The summed E-state index contributed by atoms with van der Waals surface area (Å²) in [7, 11) is 1.77. The smallest absolute Gasteiger partial charge is 0.242 e. The number of likely N-dealkylation sites (N-methyl/N-ethyl adjacent to an activating group) is 1. The summed E-state index contributed by atoms with van der Waals surface area (Å²) in [5.74, 6) is 0.794. The predicted molar refractivity (Wildman–Crippen MR) is 81.8 cm³/mol. The number of aryl methyl sites for hydroxylation is 1. The van der Waals surface area contributed by atoms with E-state index in [4.69, 9.17) is 10.5 Å². The van der Waals surface area contributed by atoms with E-state index in [1.807, 2.05) is 38.1 Å². The highest BCUT2D eigenvalue weighted by atomic mass is 16.5. The SMILES string of the molecule is CCCC(C)(N)C(=O)N(C)CCOc1cccc(C)c1. The fourth-order valence-electron chi connectivity index (χ4n) is 2.17. The van der Waals surface area contributed by atoms with Gasteiger partial charge >= 0.3 is 0 Å². The first-order valence-corrected chi connectivity index (χ1v) is 7.10. The summed E-state index contributed by atoms with van der Waals surface area (Å²) in [6.45, 7) is 6.83. The molecule has 1 aromatic rings. The second-order valence-electron chi connectivity index (χ2n) is 5.56. The van der Waals surface area contributed by atoms with Crippen molar-refractivity contribution in [1.82, 2.24) is 4.90 Å². The van der Waals surface area contributed by atoms with Crippen molar-refractivity contribution in [2.24, 2.45) is 5.73 Å². The fraction of sp³-hybridized carbons (Fsp3) is 0.562. The van der Waals surface area contributed by atoms with Gasteiger partial charge in [-0.3, -0.25) is 4.79 Å². The Kier molecular flexibility index (Phi) is 6.02. The van der Waals surface area contributed by atoms with Crippen molar-refractivity contribution in [3.63, 3.8) is 0 Å². The molecule has 1 rings (SSSR count). The maximum Gasteiger partial charge on any atom is 0.242 e. The number of amides is 1. The van der Waals surface area contributed by atoms with Gasteiger partial charge in [0, 0.05) is 7.05 Å². The Hall–Kier alpha value is -1.55. The van der Waals surface area contributed by atoms with E-state index in [9.17, 15) is 4.79 Å². The van der Waals surface area contributed by atoms with Crippen molar-refractivity contribution in [3.8, 4) is 5.75 Å². The summed E-state index contributed by atoms with van der Waals surface area (Å²) in [5.41, 5.74) is 6.41. The Balaban J connectivity index is 2.43. The van der Waals surface area contributed by atoms with Crippen LogP contribution in [0.3, 0.4) is 0 Å². The van der Waals surface area contributed by atoms with Gasteiger partial charge in [-0.25, -0.2) is 0 Å². The summed E-state index contributed by atoms with van der Waals surface area (Å²) in [6.07, 6.45) is 1.58. The third-order valence-electron chi connectivity index (χ3n) is 3.29. The van der Waals surface area contributed by atoms with E-state index in [0.29, 0.717) is 19.6 Å². The Labute approximate surface area is 121 Å². The van der Waals surface area contributed by atoms with Crippen LogP contribution in [-0.4, -0.2) is 36.5 Å². The first-order chi connectivity index (χ1) is 9.36. The standard InChI is InChI=1S/C16H26N2O2/c1-5-9-16(3,17)15(19)18(4)10-11-20-14-8-6-7-13(2)12-14/h6-8,12H,5,9-11,17H2,1-4H3. The van der Waals surface area contributed by atoms with Crippen LogP contribution < -0.4 is 10.5 Å². The van der Waals surface area contributed by atoms with Crippen LogP contribution in [0.1, 0.15) is 32.3 Å². The van der Waals surface area contributed by atoms with Gasteiger partial charge in [-0.1, -0.05) is 25.5 Å². The molecule has 0 aliphatic rings. The molecule has 0 heterocycles. The Morgan fingerprint density at radius 1 is 1.45 bits per heavy atom. The predicted octanol–water partition coefficient (Wildman–Crippen LogP) is 2.35. The quantitative estimate of drug-likeness (QED) is 0.833. The molecule has 0 saturated carbocycles. The van der Waals surface area contributed by atoms with Gasteiger partial charge in [-0.05, 0) is 38.0 Å². The molecule has 20 heavy (non-hydrogen) atoms. The van der Waals surface area contributed by atoms with Gasteiger partial charge in [0.25, 0.3) is 0 Å². The van der Waals surface area contributed by atoms with E-state index >= 15 is 0 Å². The van der Waals surface area contributed by atoms with E-state index in [1.54, 1.807) is 18.9 Å². The van der Waals surface area contributed by atoms with Crippen molar-refractivity contribution in [3.05, 3.63) is 29.8 Å². The summed E-state index contributed by atoms with van der Waals surface area (Å²) in [5, 5.41) is 0. The van der Waals surface area contributed by atoms with Gasteiger partial charge in [0.1, 0.15) is 12.4 Å². The molecular formula is C16H26N2O2. The molecular weight excluding hydrogens is 252 g/mol. The molecule has 112 valence electrons. The lowest BCUT2D eigenvalue weighted by Crippen LogP contribution is -2.52. The van der Waals surface area contributed by atoms with Crippen LogP contribution in [-0.2, 0) is 4.79 Å². The molecule has 4 heteroatoms. The molecule has 0 fully saturated rings. The zero-order chi connectivity index (χ0) is 15.2. The highest BCUT2D eigenvalue weighted by Crippen LogP contribution is 2.13. The molecule has 1 unspecified atom stereocenters. The number of hydrogen-bond donors (Lipinski definition) is 1. The summed E-state index contributed by atoms with van der Waals surface area (Å²) >= 11 is 0. The normalized spacial score (nSPS) is 13.7. The van der Waals surface area contributed by atoms with E-state index < -0.39 is 5.54 Å². The molecule has 1 atom stereocenters. The molecule has 0 aromatic heterocycles. The first-order valence-electron chi connectivity index (χ1n) is 7.10. The third kappa shape index (κ3) is 4.85.